The lowest BCUT2D eigenvalue weighted by molar-refractivity contribution is 0.205. The van der Waals surface area contributed by atoms with Crippen LogP contribution in [0.25, 0.3) is 0 Å². The summed E-state index contributed by atoms with van der Waals surface area (Å²) in [5.74, 6) is -0.427. The fraction of sp³-hybridized carbons (Fsp3) is 0.600. The highest BCUT2D eigenvalue weighted by molar-refractivity contribution is 7.89. The maximum Gasteiger partial charge on any atom is 0.243 e. The number of halogens is 1. The molecule has 0 bridgehead atoms. The molecule has 4 nitrogen and oxygen atoms in total. The summed E-state index contributed by atoms with van der Waals surface area (Å²) < 4.78 is 40.7. The van der Waals surface area contributed by atoms with Crippen molar-refractivity contribution in [3.63, 3.8) is 0 Å². The quantitative estimate of drug-likeness (QED) is 0.908. The molecule has 0 spiro atoms. The van der Waals surface area contributed by atoms with E-state index in [-0.39, 0.29) is 4.90 Å². The summed E-state index contributed by atoms with van der Waals surface area (Å²) in [5, 5.41) is 0. The van der Waals surface area contributed by atoms with E-state index in [1.165, 1.54) is 22.5 Å². The fourth-order valence-corrected chi connectivity index (χ4v) is 5.42. The van der Waals surface area contributed by atoms with E-state index in [0.717, 1.165) is 25.7 Å². The Bertz CT molecular complexity index is 610. The number of nitrogens with zero attached hydrogens (tertiary/aromatic N) is 1. The van der Waals surface area contributed by atoms with Crippen LogP contribution in [0.2, 0.25) is 0 Å². The average molecular weight is 314 g/mol. The molecule has 0 saturated heterocycles. The Balaban J connectivity index is 2.49. The first-order chi connectivity index (χ1) is 9.87. The van der Waals surface area contributed by atoms with Gasteiger partial charge in [-0.1, -0.05) is 19.8 Å². The Morgan fingerprint density at radius 1 is 1.33 bits per heavy atom. The van der Waals surface area contributed by atoms with Crippen molar-refractivity contribution < 1.29 is 12.8 Å². The smallest absolute Gasteiger partial charge is 0.243 e. The number of aryl methyl sites for hydroxylation is 1. The van der Waals surface area contributed by atoms with Gasteiger partial charge in [0.15, 0.2) is 0 Å². The Hall–Kier alpha value is -0.980. The Morgan fingerprint density at radius 3 is 2.43 bits per heavy atom. The third kappa shape index (κ3) is 2.84. The van der Waals surface area contributed by atoms with Crippen molar-refractivity contribution in [1.82, 2.24) is 4.31 Å². The summed E-state index contributed by atoms with van der Waals surface area (Å²) in [6.45, 7) is 4.14. The molecule has 0 aromatic heterocycles. The van der Waals surface area contributed by atoms with E-state index in [9.17, 15) is 12.8 Å². The van der Waals surface area contributed by atoms with Gasteiger partial charge in [-0.05, 0) is 43.5 Å². The van der Waals surface area contributed by atoms with E-state index < -0.39 is 21.4 Å². The summed E-state index contributed by atoms with van der Waals surface area (Å²) in [6.07, 6.45) is 3.56. The predicted molar refractivity (Wildman–Crippen MR) is 81.0 cm³/mol. The Labute approximate surface area is 126 Å². The van der Waals surface area contributed by atoms with Crippen LogP contribution in [0.5, 0.6) is 0 Å². The number of nitrogens with two attached hydrogens (primary N) is 1. The Kier molecular flexibility index (Phi) is 4.70. The van der Waals surface area contributed by atoms with Crippen molar-refractivity contribution >= 4 is 10.0 Å². The van der Waals surface area contributed by atoms with E-state index in [1.807, 2.05) is 6.92 Å². The van der Waals surface area contributed by atoms with Gasteiger partial charge < -0.3 is 5.73 Å². The van der Waals surface area contributed by atoms with Crippen LogP contribution in [0.3, 0.4) is 0 Å². The number of rotatable bonds is 5. The molecular weight excluding hydrogens is 291 g/mol. The van der Waals surface area contributed by atoms with E-state index in [1.54, 1.807) is 6.92 Å². The number of benzene rings is 1. The van der Waals surface area contributed by atoms with Gasteiger partial charge in [-0.3, -0.25) is 0 Å². The van der Waals surface area contributed by atoms with Crippen LogP contribution in [0.15, 0.2) is 23.1 Å². The van der Waals surface area contributed by atoms with Crippen LogP contribution in [0, 0.1) is 12.7 Å². The zero-order valence-electron chi connectivity index (χ0n) is 12.6. The fourth-order valence-electron chi connectivity index (χ4n) is 3.37. The lowest BCUT2D eigenvalue weighted by Crippen LogP contribution is -2.54. The molecule has 118 valence electrons. The maximum atomic E-state index is 13.2. The highest BCUT2D eigenvalue weighted by Gasteiger charge is 2.44. The van der Waals surface area contributed by atoms with Crippen LogP contribution >= 0.6 is 0 Å². The molecule has 1 aliphatic rings. The first-order valence-corrected chi connectivity index (χ1v) is 8.80. The molecule has 0 radical (unpaired) electrons. The maximum absolute atomic E-state index is 13.2. The molecule has 0 unspecified atom stereocenters. The summed E-state index contributed by atoms with van der Waals surface area (Å²) in [4.78, 5) is 0.172. The third-order valence-corrected chi connectivity index (χ3v) is 6.68. The standard InChI is InChI=1S/C15H23FN2O2S/c1-3-18(15(11-17)8-4-5-9-15)21(19,20)14-7-6-13(16)10-12(14)2/h6-7,10H,3-5,8-9,11,17H2,1-2H3. The molecule has 0 atom stereocenters. The van der Waals surface area contributed by atoms with Crippen molar-refractivity contribution in [2.75, 3.05) is 13.1 Å². The lowest BCUT2D eigenvalue weighted by atomic mass is 9.98. The minimum atomic E-state index is -3.67. The average Bonchev–Trinajstić information content (AvgIpc) is 2.88. The van der Waals surface area contributed by atoms with Gasteiger partial charge in [0.25, 0.3) is 0 Å². The lowest BCUT2D eigenvalue weighted by Gasteiger charge is -2.39. The van der Waals surface area contributed by atoms with Gasteiger partial charge in [0, 0.05) is 18.6 Å². The first-order valence-electron chi connectivity index (χ1n) is 7.36. The zero-order chi connectivity index (χ0) is 15.7. The molecule has 1 aliphatic carbocycles. The predicted octanol–water partition coefficient (Wildman–Crippen LogP) is 2.42. The van der Waals surface area contributed by atoms with E-state index in [2.05, 4.69) is 0 Å². The van der Waals surface area contributed by atoms with Crippen molar-refractivity contribution in [1.29, 1.82) is 0 Å². The second-order valence-electron chi connectivity index (χ2n) is 5.72. The van der Waals surface area contributed by atoms with Gasteiger partial charge >= 0.3 is 0 Å². The summed E-state index contributed by atoms with van der Waals surface area (Å²) in [6, 6.07) is 3.80. The molecule has 2 N–H and O–H groups in total. The zero-order valence-corrected chi connectivity index (χ0v) is 13.4. The summed E-state index contributed by atoms with van der Waals surface area (Å²) in [7, 11) is -3.67. The largest absolute Gasteiger partial charge is 0.329 e. The second kappa shape index (κ2) is 6.02. The van der Waals surface area contributed by atoms with Gasteiger partial charge in [-0.2, -0.15) is 4.31 Å². The topological polar surface area (TPSA) is 63.4 Å². The molecule has 2 rings (SSSR count). The van der Waals surface area contributed by atoms with E-state index in [0.29, 0.717) is 18.7 Å². The van der Waals surface area contributed by atoms with E-state index >= 15 is 0 Å². The number of hydrogen-bond donors (Lipinski definition) is 1. The third-order valence-electron chi connectivity index (χ3n) is 4.44. The van der Waals surface area contributed by atoms with Gasteiger partial charge in [0.05, 0.1) is 4.90 Å². The molecule has 0 aliphatic heterocycles. The van der Waals surface area contributed by atoms with Crippen molar-refractivity contribution in [3.8, 4) is 0 Å². The van der Waals surface area contributed by atoms with Crippen molar-refractivity contribution in [3.05, 3.63) is 29.6 Å². The van der Waals surface area contributed by atoms with Crippen LogP contribution in [0.1, 0.15) is 38.2 Å². The molecular formula is C15H23FN2O2S. The number of hydrogen-bond acceptors (Lipinski definition) is 3. The number of sulfonamides is 1. The minimum Gasteiger partial charge on any atom is -0.329 e. The molecule has 1 saturated carbocycles. The summed E-state index contributed by atoms with van der Waals surface area (Å²) in [5.41, 5.74) is 5.85. The number of likely N-dealkylation sites (N-methyl/N-ethyl adjacent to an activating group) is 1. The summed E-state index contributed by atoms with van der Waals surface area (Å²) >= 11 is 0. The van der Waals surface area contributed by atoms with Crippen molar-refractivity contribution in [2.24, 2.45) is 5.73 Å². The Morgan fingerprint density at radius 2 is 1.95 bits per heavy atom. The van der Waals surface area contributed by atoms with Gasteiger partial charge in [0.2, 0.25) is 10.0 Å². The minimum absolute atomic E-state index is 0.172. The van der Waals surface area contributed by atoms with Crippen LogP contribution in [-0.4, -0.2) is 31.4 Å². The monoisotopic (exact) mass is 314 g/mol. The van der Waals surface area contributed by atoms with Gasteiger partial charge in [0.1, 0.15) is 5.82 Å². The van der Waals surface area contributed by atoms with Crippen LogP contribution in [-0.2, 0) is 10.0 Å². The van der Waals surface area contributed by atoms with E-state index in [4.69, 9.17) is 5.73 Å². The molecule has 1 aromatic rings. The highest BCUT2D eigenvalue weighted by Crippen LogP contribution is 2.38. The molecule has 0 amide bonds. The highest BCUT2D eigenvalue weighted by atomic mass is 32.2. The molecule has 1 aromatic carbocycles. The van der Waals surface area contributed by atoms with Crippen molar-refractivity contribution in [2.45, 2.75) is 50.0 Å². The van der Waals surface area contributed by atoms with Gasteiger partial charge in [-0.25, -0.2) is 12.8 Å². The van der Waals surface area contributed by atoms with Crippen LogP contribution in [0.4, 0.5) is 4.39 Å². The first kappa shape index (κ1) is 16.4. The SMILES string of the molecule is CCN(C1(CN)CCCC1)S(=O)(=O)c1ccc(F)cc1C. The molecule has 0 heterocycles. The molecule has 6 heteroatoms. The second-order valence-corrected chi connectivity index (χ2v) is 7.55. The van der Waals surface area contributed by atoms with Gasteiger partial charge in [-0.15, -0.1) is 0 Å². The van der Waals surface area contributed by atoms with Crippen LogP contribution < -0.4 is 5.73 Å². The molecule has 21 heavy (non-hydrogen) atoms. The molecule has 1 fully saturated rings. The normalized spacial score (nSPS) is 18.3.